The molecule has 23 heavy (non-hydrogen) atoms. The molecule has 0 radical (unpaired) electrons. The second-order valence-corrected chi connectivity index (χ2v) is 6.71. The molecule has 0 amide bonds. The molecule has 1 atom stereocenters. The van der Waals surface area contributed by atoms with Gasteiger partial charge in [-0.15, -0.1) is 34.0 Å². The first-order chi connectivity index (χ1) is 9.95. The SMILES string of the molecule is Br.Br.CC1(C)CNCCC1Nc1cc(=O)oc2ccc(Cl)cc12. The van der Waals surface area contributed by atoms with Gasteiger partial charge >= 0.3 is 5.63 Å². The zero-order valence-electron chi connectivity index (χ0n) is 13.0. The number of benzene rings is 1. The minimum absolute atomic E-state index is 0. The zero-order valence-corrected chi connectivity index (χ0v) is 17.2. The maximum Gasteiger partial charge on any atom is 0.338 e. The van der Waals surface area contributed by atoms with E-state index < -0.39 is 0 Å². The fourth-order valence-corrected chi connectivity index (χ4v) is 3.05. The van der Waals surface area contributed by atoms with Crippen LogP contribution in [0.25, 0.3) is 11.0 Å². The summed E-state index contributed by atoms with van der Waals surface area (Å²) >= 11 is 6.07. The first-order valence-corrected chi connectivity index (χ1v) is 7.54. The molecule has 0 spiro atoms. The van der Waals surface area contributed by atoms with Gasteiger partial charge in [0, 0.05) is 29.1 Å². The lowest BCUT2D eigenvalue weighted by Crippen LogP contribution is -2.49. The maximum absolute atomic E-state index is 11.7. The molecule has 2 heterocycles. The summed E-state index contributed by atoms with van der Waals surface area (Å²) in [4.78, 5) is 11.7. The van der Waals surface area contributed by atoms with Crippen LogP contribution in [0.1, 0.15) is 20.3 Å². The second kappa shape index (κ2) is 8.01. The molecule has 7 heteroatoms. The van der Waals surface area contributed by atoms with Gasteiger partial charge < -0.3 is 15.1 Å². The summed E-state index contributed by atoms with van der Waals surface area (Å²) in [6.45, 7) is 6.36. The van der Waals surface area contributed by atoms with E-state index in [1.54, 1.807) is 12.1 Å². The molecule has 0 aliphatic carbocycles. The summed E-state index contributed by atoms with van der Waals surface area (Å²) in [5.41, 5.74) is 1.11. The van der Waals surface area contributed by atoms with Crippen molar-refractivity contribution >= 4 is 62.2 Å². The van der Waals surface area contributed by atoms with Crippen molar-refractivity contribution < 1.29 is 4.42 Å². The van der Waals surface area contributed by atoms with Crippen molar-refractivity contribution in [2.24, 2.45) is 5.41 Å². The van der Waals surface area contributed by atoms with Gasteiger partial charge in [0.05, 0.1) is 5.69 Å². The molecule has 0 bridgehead atoms. The monoisotopic (exact) mass is 466 g/mol. The van der Waals surface area contributed by atoms with Crippen LogP contribution in [0.2, 0.25) is 5.02 Å². The van der Waals surface area contributed by atoms with Crippen LogP contribution in [0.15, 0.2) is 33.5 Å². The van der Waals surface area contributed by atoms with Gasteiger partial charge in [0.1, 0.15) is 5.58 Å². The van der Waals surface area contributed by atoms with Crippen LogP contribution < -0.4 is 16.3 Å². The van der Waals surface area contributed by atoms with Gasteiger partial charge in [-0.3, -0.25) is 0 Å². The van der Waals surface area contributed by atoms with E-state index in [4.69, 9.17) is 16.0 Å². The van der Waals surface area contributed by atoms with Gasteiger partial charge in [-0.05, 0) is 36.6 Å². The van der Waals surface area contributed by atoms with Crippen molar-refractivity contribution in [3.63, 3.8) is 0 Å². The van der Waals surface area contributed by atoms with Crippen molar-refractivity contribution in [3.05, 3.63) is 39.7 Å². The van der Waals surface area contributed by atoms with Crippen molar-refractivity contribution in [3.8, 4) is 0 Å². The third-order valence-corrected chi connectivity index (χ3v) is 4.40. The minimum atomic E-state index is -0.348. The van der Waals surface area contributed by atoms with Crippen LogP contribution in [0, 0.1) is 5.41 Å². The predicted octanol–water partition coefficient (Wildman–Crippen LogP) is 4.40. The third-order valence-electron chi connectivity index (χ3n) is 4.17. The largest absolute Gasteiger partial charge is 0.423 e. The molecule has 1 aliphatic heterocycles. The zero-order chi connectivity index (χ0) is 15.0. The number of anilines is 1. The normalized spacial score (nSPS) is 19.5. The molecule has 1 aromatic heterocycles. The van der Waals surface area contributed by atoms with Crippen LogP contribution in [0.3, 0.4) is 0 Å². The summed E-state index contributed by atoms with van der Waals surface area (Å²) < 4.78 is 5.23. The molecule has 2 aromatic rings. The number of fused-ring (bicyclic) bond motifs is 1. The highest BCUT2D eigenvalue weighted by Gasteiger charge is 2.32. The van der Waals surface area contributed by atoms with Crippen LogP contribution in [0.4, 0.5) is 5.69 Å². The minimum Gasteiger partial charge on any atom is -0.423 e. The summed E-state index contributed by atoms with van der Waals surface area (Å²) in [5.74, 6) is 0. The van der Waals surface area contributed by atoms with Gasteiger partial charge in [0.25, 0.3) is 0 Å². The number of hydrogen-bond acceptors (Lipinski definition) is 4. The topological polar surface area (TPSA) is 54.3 Å². The molecule has 0 saturated carbocycles. The Hall–Kier alpha value is -0.560. The predicted molar refractivity (Wildman–Crippen MR) is 107 cm³/mol. The smallest absolute Gasteiger partial charge is 0.338 e. The summed E-state index contributed by atoms with van der Waals surface area (Å²) in [6.07, 6.45) is 1.01. The Morgan fingerprint density at radius 1 is 1.30 bits per heavy atom. The first kappa shape index (κ1) is 20.5. The summed E-state index contributed by atoms with van der Waals surface area (Å²) in [5, 5.41) is 8.40. The Bertz CT molecular complexity index is 734. The molecule has 1 fully saturated rings. The van der Waals surface area contributed by atoms with E-state index in [0.29, 0.717) is 16.6 Å². The van der Waals surface area contributed by atoms with Gasteiger partial charge in [-0.2, -0.15) is 0 Å². The molecular formula is C16H21Br2ClN2O2. The molecule has 3 rings (SSSR count). The number of hydrogen-bond donors (Lipinski definition) is 2. The van der Waals surface area contributed by atoms with Crippen molar-refractivity contribution in [2.45, 2.75) is 26.3 Å². The fourth-order valence-electron chi connectivity index (χ4n) is 2.88. The average Bonchev–Trinajstić information content (AvgIpc) is 2.41. The quantitative estimate of drug-likeness (QED) is 0.642. The Morgan fingerprint density at radius 3 is 2.74 bits per heavy atom. The first-order valence-electron chi connectivity index (χ1n) is 7.16. The van der Waals surface area contributed by atoms with Gasteiger partial charge in [-0.25, -0.2) is 4.79 Å². The van der Waals surface area contributed by atoms with Crippen LogP contribution in [-0.4, -0.2) is 19.1 Å². The van der Waals surface area contributed by atoms with Crippen LogP contribution >= 0.6 is 45.6 Å². The highest BCUT2D eigenvalue weighted by Crippen LogP contribution is 2.31. The Balaban J connectivity index is 0.00000132. The summed E-state index contributed by atoms with van der Waals surface area (Å²) in [7, 11) is 0. The molecule has 1 saturated heterocycles. The van der Waals surface area contributed by atoms with Crippen molar-refractivity contribution in [2.75, 3.05) is 18.4 Å². The van der Waals surface area contributed by atoms with E-state index in [0.717, 1.165) is 30.6 Å². The lowest BCUT2D eigenvalue weighted by atomic mass is 9.80. The van der Waals surface area contributed by atoms with E-state index in [-0.39, 0.29) is 45.0 Å². The van der Waals surface area contributed by atoms with Gasteiger partial charge in [-0.1, -0.05) is 25.4 Å². The highest BCUT2D eigenvalue weighted by atomic mass is 79.9. The average molecular weight is 469 g/mol. The molecule has 1 aliphatic rings. The Labute approximate surface area is 161 Å². The van der Waals surface area contributed by atoms with E-state index in [2.05, 4.69) is 24.5 Å². The van der Waals surface area contributed by atoms with Crippen LogP contribution in [0.5, 0.6) is 0 Å². The highest BCUT2D eigenvalue weighted by molar-refractivity contribution is 8.93. The lowest BCUT2D eigenvalue weighted by molar-refractivity contribution is 0.236. The molecule has 4 nitrogen and oxygen atoms in total. The molecule has 1 aromatic carbocycles. The number of halogens is 3. The van der Waals surface area contributed by atoms with E-state index in [9.17, 15) is 4.79 Å². The fraction of sp³-hybridized carbons (Fsp3) is 0.438. The number of piperidine rings is 1. The van der Waals surface area contributed by atoms with E-state index in [1.807, 2.05) is 6.07 Å². The molecular weight excluding hydrogens is 447 g/mol. The van der Waals surface area contributed by atoms with Crippen molar-refractivity contribution in [1.82, 2.24) is 5.32 Å². The van der Waals surface area contributed by atoms with Gasteiger partial charge in [0.2, 0.25) is 0 Å². The Kier molecular flexibility index (Phi) is 7.13. The van der Waals surface area contributed by atoms with Gasteiger partial charge in [0.15, 0.2) is 0 Å². The maximum atomic E-state index is 11.7. The summed E-state index contributed by atoms with van der Waals surface area (Å²) in [6, 6.07) is 7.10. The van der Waals surface area contributed by atoms with E-state index >= 15 is 0 Å². The Morgan fingerprint density at radius 2 is 2.04 bits per heavy atom. The molecule has 2 N–H and O–H groups in total. The standard InChI is InChI=1S/C16H19ClN2O2.2BrH/c1-16(2)9-18-6-5-14(16)19-12-8-15(20)21-13-4-3-10(17)7-11(12)13;;/h3-4,7-8,14,18-19H,5-6,9H2,1-2H3;2*1H. The van der Waals surface area contributed by atoms with E-state index in [1.165, 1.54) is 6.07 Å². The van der Waals surface area contributed by atoms with Crippen molar-refractivity contribution in [1.29, 1.82) is 0 Å². The van der Waals surface area contributed by atoms with Crippen LogP contribution in [-0.2, 0) is 0 Å². The third kappa shape index (κ3) is 4.50. The number of rotatable bonds is 2. The second-order valence-electron chi connectivity index (χ2n) is 6.27. The molecule has 1 unspecified atom stereocenters. The number of nitrogens with one attached hydrogen (secondary N) is 2. The lowest BCUT2D eigenvalue weighted by Gasteiger charge is -2.40. The molecule has 128 valence electrons.